The summed E-state index contributed by atoms with van der Waals surface area (Å²) in [6.07, 6.45) is 0.840. The second kappa shape index (κ2) is 5.85. The molecule has 0 amide bonds. The Hall–Kier alpha value is -1.09. The first-order valence-corrected chi connectivity index (χ1v) is 6.54. The summed E-state index contributed by atoms with van der Waals surface area (Å²) >= 11 is 5.66. The number of hydrogen-bond donors (Lipinski definition) is 1. The summed E-state index contributed by atoms with van der Waals surface area (Å²) < 4.78 is 25.7. The monoisotopic (exact) mass is 258 g/mol. The fourth-order valence-corrected chi connectivity index (χ4v) is 2.27. The van der Waals surface area contributed by atoms with E-state index in [0.717, 1.165) is 0 Å². The van der Waals surface area contributed by atoms with Crippen LogP contribution in [0.2, 0.25) is 5.02 Å². The second-order valence-corrected chi connectivity index (χ2v) is 5.32. The largest absolute Gasteiger partial charge is 0.240 e. The Morgan fingerprint density at radius 3 is 2.50 bits per heavy atom. The number of unbranched alkanes of at least 4 members (excludes halogenated alkanes) is 1. The van der Waals surface area contributed by atoms with Crippen LogP contribution in [-0.2, 0) is 10.0 Å². The number of sulfonamides is 1. The van der Waals surface area contributed by atoms with Crippen molar-refractivity contribution in [3.8, 4) is 6.07 Å². The van der Waals surface area contributed by atoms with Crippen LogP contribution in [0.3, 0.4) is 0 Å². The third kappa shape index (κ3) is 3.81. The van der Waals surface area contributed by atoms with Gasteiger partial charge in [-0.25, -0.2) is 13.1 Å². The van der Waals surface area contributed by atoms with Crippen molar-refractivity contribution >= 4 is 21.6 Å². The van der Waals surface area contributed by atoms with E-state index in [9.17, 15) is 8.42 Å². The van der Waals surface area contributed by atoms with Crippen molar-refractivity contribution in [1.29, 1.82) is 5.26 Å². The fraction of sp³-hybridized carbons (Fsp3) is 0.300. The fourth-order valence-electron chi connectivity index (χ4n) is 1.07. The number of nitrogens with zero attached hydrogens (tertiary/aromatic N) is 1. The average molecular weight is 259 g/mol. The van der Waals surface area contributed by atoms with Gasteiger partial charge in [0, 0.05) is 18.0 Å². The Balaban J connectivity index is 2.64. The van der Waals surface area contributed by atoms with E-state index in [2.05, 4.69) is 4.72 Å². The van der Waals surface area contributed by atoms with Crippen molar-refractivity contribution in [3.63, 3.8) is 0 Å². The lowest BCUT2D eigenvalue weighted by Crippen LogP contribution is -2.24. The van der Waals surface area contributed by atoms with Crippen LogP contribution in [0.1, 0.15) is 12.8 Å². The minimum absolute atomic E-state index is 0.175. The van der Waals surface area contributed by atoms with Gasteiger partial charge in [0.1, 0.15) is 0 Å². The molecule has 0 aromatic heterocycles. The van der Waals surface area contributed by atoms with Gasteiger partial charge in [-0.15, -0.1) is 0 Å². The molecule has 1 N–H and O–H groups in total. The van der Waals surface area contributed by atoms with E-state index in [0.29, 0.717) is 17.9 Å². The molecule has 16 heavy (non-hydrogen) atoms. The average Bonchev–Trinajstić information content (AvgIpc) is 2.25. The van der Waals surface area contributed by atoms with Crippen molar-refractivity contribution in [2.24, 2.45) is 0 Å². The zero-order valence-electron chi connectivity index (χ0n) is 8.48. The van der Waals surface area contributed by atoms with E-state index in [-0.39, 0.29) is 11.4 Å². The molecule has 0 bridgehead atoms. The summed E-state index contributed by atoms with van der Waals surface area (Å²) in [4.78, 5) is 0.175. The molecule has 4 nitrogen and oxygen atoms in total. The number of nitriles is 1. The Bertz CT molecular complexity index is 477. The van der Waals surface area contributed by atoms with Crippen LogP contribution in [-0.4, -0.2) is 15.0 Å². The second-order valence-electron chi connectivity index (χ2n) is 3.11. The Morgan fingerprint density at radius 1 is 1.31 bits per heavy atom. The van der Waals surface area contributed by atoms with Crippen LogP contribution >= 0.6 is 11.6 Å². The summed E-state index contributed by atoms with van der Waals surface area (Å²) in [5.74, 6) is 0. The first kappa shape index (κ1) is 13.0. The van der Waals surface area contributed by atoms with Gasteiger partial charge in [-0.1, -0.05) is 11.6 Å². The Kier molecular flexibility index (Phi) is 4.74. The summed E-state index contributed by atoms with van der Waals surface area (Å²) in [6.45, 7) is 0.262. The smallest absolute Gasteiger partial charge is 0.211 e. The van der Waals surface area contributed by atoms with E-state index in [1.807, 2.05) is 6.07 Å². The normalized spacial score (nSPS) is 11.0. The van der Waals surface area contributed by atoms with Gasteiger partial charge < -0.3 is 0 Å². The van der Waals surface area contributed by atoms with Gasteiger partial charge in [-0.3, -0.25) is 0 Å². The number of nitrogens with one attached hydrogen (secondary N) is 1. The van der Waals surface area contributed by atoms with E-state index in [1.165, 1.54) is 24.3 Å². The minimum Gasteiger partial charge on any atom is -0.211 e. The highest BCUT2D eigenvalue weighted by atomic mass is 35.5. The van der Waals surface area contributed by atoms with Crippen LogP contribution in [0.25, 0.3) is 0 Å². The zero-order chi connectivity index (χ0) is 12.0. The van der Waals surface area contributed by atoms with Crippen LogP contribution in [0, 0.1) is 11.3 Å². The van der Waals surface area contributed by atoms with Crippen LogP contribution in [0.5, 0.6) is 0 Å². The van der Waals surface area contributed by atoms with Crippen molar-refractivity contribution in [2.75, 3.05) is 6.54 Å². The molecule has 86 valence electrons. The predicted octanol–water partition coefficient (Wildman–Crippen LogP) is 1.92. The quantitative estimate of drug-likeness (QED) is 0.821. The van der Waals surface area contributed by atoms with Crippen LogP contribution in [0.4, 0.5) is 0 Å². The number of rotatable bonds is 5. The molecule has 1 rings (SSSR count). The van der Waals surface area contributed by atoms with E-state index in [1.54, 1.807) is 0 Å². The van der Waals surface area contributed by atoms with Gasteiger partial charge in [-0.05, 0) is 30.7 Å². The van der Waals surface area contributed by atoms with Gasteiger partial charge in [0.25, 0.3) is 0 Å². The molecule has 0 aliphatic rings. The molecule has 0 heterocycles. The van der Waals surface area contributed by atoms with Gasteiger partial charge in [0.05, 0.1) is 11.0 Å². The molecule has 1 aromatic carbocycles. The maximum absolute atomic E-state index is 11.7. The van der Waals surface area contributed by atoms with Crippen LogP contribution in [0.15, 0.2) is 29.2 Å². The van der Waals surface area contributed by atoms with E-state index in [4.69, 9.17) is 16.9 Å². The molecule has 0 radical (unpaired) electrons. The lowest BCUT2D eigenvalue weighted by Gasteiger charge is -2.05. The van der Waals surface area contributed by atoms with Gasteiger partial charge in [0.15, 0.2) is 0 Å². The molecule has 0 aliphatic carbocycles. The zero-order valence-corrected chi connectivity index (χ0v) is 10.1. The standard InChI is InChI=1S/C10H11ClN2O2S/c11-9-3-5-10(6-4-9)16(14,15)13-8-2-1-7-12/h3-6,13H,1-2,8H2. The third-order valence-electron chi connectivity index (χ3n) is 1.88. The molecule has 0 unspecified atom stereocenters. The predicted molar refractivity (Wildman–Crippen MR) is 61.5 cm³/mol. The maximum atomic E-state index is 11.7. The molecule has 0 aliphatic heterocycles. The Labute approximate surface area is 99.9 Å². The SMILES string of the molecule is N#CCCCNS(=O)(=O)c1ccc(Cl)cc1. The highest BCUT2D eigenvalue weighted by Gasteiger charge is 2.12. The molecule has 0 atom stereocenters. The number of halogens is 1. The molecule has 0 fully saturated rings. The van der Waals surface area contributed by atoms with Crippen molar-refractivity contribution < 1.29 is 8.42 Å². The number of hydrogen-bond acceptors (Lipinski definition) is 3. The van der Waals surface area contributed by atoms with E-state index >= 15 is 0 Å². The topological polar surface area (TPSA) is 70.0 Å². The van der Waals surface area contributed by atoms with Crippen molar-refractivity contribution in [2.45, 2.75) is 17.7 Å². The van der Waals surface area contributed by atoms with Crippen molar-refractivity contribution in [3.05, 3.63) is 29.3 Å². The molecule has 0 saturated heterocycles. The molecule has 0 spiro atoms. The van der Waals surface area contributed by atoms with Crippen LogP contribution < -0.4 is 4.72 Å². The van der Waals surface area contributed by atoms with Gasteiger partial charge in [-0.2, -0.15) is 5.26 Å². The number of benzene rings is 1. The molecular formula is C10H11ClN2O2S. The summed E-state index contributed by atoms with van der Waals surface area (Å²) in [7, 11) is -3.48. The van der Waals surface area contributed by atoms with Gasteiger partial charge >= 0.3 is 0 Å². The highest BCUT2D eigenvalue weighted by molar-refractivity contribution is 7.89. The molecular weight excluding hydrogens is 248 g/mol. The molecule has 1 aromatic rings. The summed E-state index contributed by atoms with van der Waals surface area (Å²) in [5, 5.41) is 8.79. The molecule has 6 heteroatoms. The summed E-state index contributed by atoms with van der Waals surface area (Å²) in [6, 6.07) is 7.87. The first-order chi connectivity index (χ1) is 7.56. The highest BCUT2D eigenvalue weighted by Crippen LogP contribution is 2.13. The summed E-state index contributed by atoms with van der Waals surface area (Å²) in [5.41, 5.74) is 0. The lowest BCUT2D eigenvalue weighted by molar-refractivity contribution is 0.579. The Morgan fingerprint density at radius 2 is 1.94 bits per heavy atom. The maximum Gasteiger partial charge on any atom is 0.240 e. The third-order valence-corrected chi connectivity index (χ3v) is 3.61. The molecule has 0 saturated carbocycles. The first-order valence-electron chi connectivity index (χ1n) is 4.68. The van der Waals surface area contributed by atoms with Crippen molar-refractivity contribution in [1.82, 2.24) is 4.72 Å². The van der Waals surface area contributed by atoms with E-state index < -0.39 is 10.0 Å². The van der Waals surface area contributed by atoms with Gasteiger partial charge in [0.2, 0.25) is 10.0 Å². The lowest BCUT2D eigenvalue weighted by atomic mass is 10.3. The minimum atomic E-state index is -3.48.